The summed E-state index contributed by atoms with van der Waals surface area (Å²) >= 11 is 0. The Labute approximate surface area is 105 Å². The van der Waals surface area contributed by atoms with Gasteiger partial charge in [-0.15, -0.1) is 0 Å². The predicted molar refractivity (Wildman–Crippen MR) is 73.0 cm³/mol. The quantitative estimate of drug-likeness (QED) is 0.550. The van der Waals surface area contributed by atoms with E-state index in [1.165, 1.54) is 11.1 Å². The van der Waals surface area contributed by atoms with Crippen LogP contribution in [0.3, 0.4) is 0 Å². The minimum Gasteiger partial charge on any atom is -0.377 e. The normalized spacial score (nSPS) is 10.2. The van der Waals surface area contributed by atoms with Crippen molar-refractivity contribution in [1.82, 2.24) is 5.32 Å². The second-order valence-corrected chi connectivity index (χ2v) is 4.38. The van der Waals surface area contributed by atoms with Gasteiger partial charge in [-0.2, -0.15) is 0 Å². The van der Waals surface area contributed by atoms with Crippen molar-refractivity contribution < 1.29 is 4.74 Å². The van der Waals surface area contributed by atoms with Gasteiger partial charge in [-0.3, -0.25) is 0 Å². The van der Waals surface area contributed by atoms with Gasteiger partial charge in [-0.25, -0.2) is 0 Å². The summed E-state index contributed by atoms with van der Waals surface area (Å²) in [7, 11) is 0. The Morgan fingerprint density at radius 3 is 2.71 bits per heavy atom. The number of ether oxygens (including phenoxy) is 1. The van der Waals surface area contributed by atoms with Crippen molar-refractivity contribution in [2.45, 2.75) is 26.9 Å². The van der Waals surface area contributed by atoms with Gasteiger partial charge in [-0.05, 0) is 32.4 Å². The highest BCUT2D eigenvalue weighted by Gasteiger charge is 1.91. The van der Waals surface area contributed by atoms with Gasteiger partial charge in [0, 0.05) is 13.2 Å². The molecule has 0 heterocycles. The number of allylic oxidation sites excluding steroid dienone is 1. The lowest BCUT2D eigenvalue weighted by Gasteiger charge is -2.05. The summed E-state index contributed by atoms with van der Waals surface area (Å²) in [4.78, 5) is 0. The Hall–Kier alpha value is -1.12. The lowest BCUT2D eigenvalue weighted by atomic mass is 10.2. The number of hydrogen-bond acceptors (Lipinski definition) is 2. The van der Waals surface area contributed by atoms with Crippen LogP contribution in [0.1, 0.15) is 25.8 Å². The SMILES string of the molecule is CC(C)=CCNCCCOCc1ccccc1. The predicted octanol–water partition coefficient (Wildman–Crippen LogP) is 3.15. The molecule has 0 unspecified atom stereocenters. The summed E-state index contributed by atoms with van der Waals surface area (Å²) in [6.07, 6.45) is 3.26. The average molecular weight is 233 g/mol. The molecule has 94 valence electrons. The van der Waals surface area contributed by atoms with E-state index in [0.29, 0.717) is 0 Å². The van der Waals surface area contributed by atoms with Crippen molar-refractivity contribution in [3.05, 3.63) is 47.5 Å². The van der Waals surface area contributed by atoms with Gasteiger partial charge in [0.25, 0.3) is 0 Å². The summed E-state index contributed by atoms with van der Waals surface area (Å²) in [5, 5.41) is 3.36. The standard InChI is InChI=1S/C15H23NO/c1-14(2)9-11-16-10-6-12-17-13-15-7-4-3-5-8-15/h3-5,7-9,16H,6,10-13H2,1-2H3. The van der Waals surface area contributed by atoms with Crippen LogP contribution in [0.25, 0.3) is 0 Å². The number of nitrogens with one attached hydrogen (secondary N) is 1. The first kappa shape index (κ1) is 13.9. The maximum absolute atomic E-state index is 5.59. The summed E-state index contributed by atoms with van der Waals surface area (Å²) in [5.41, 5.74) is 2.60. The molecule has 0 aliphatic heterocycles. The Balaban J connectivity index is 1.93. The first-order chi connectivity index (χ1) is 8.29. The molecule has 0 aliphatic carbocycles. The first-order valence-electron chi connectivity index (χ1n) is 6.25. The van der Waals surface area contributed by atoms with Crippen molar-refractivity contribution in [2.75, 3.05) is 19.7 Å². The third-order valence-electron chi connectivity index (χ3n) is 2.41. The molecular formula is C15H23NO. The summed E-state index contributed by atoms with van der Waals surface area (Å²) in [5.74, 6) is 0. The first-order valence-corrected chi connectivity index (χ1v) is 6.25. The fourth-order valence-electron chi connectivity index (χ4n) is 1.44. The Morgan fingerprint density at radius 1 is 1.24 bits per heavy atom. The number of rotatable bonds is 8. The van der Waals surface area contributed by atoms with Gasteiger partial charge in [0.05, 0.1) is 6.61 Å². The van der Waals surface area contributed by atoms with E-state index in [0.717, 1.165) is 32.7 Å². The molecule has 0 spiro atoms. The lowest BCUT2D eigenvalue weighted by Crippen LogP contribution is -2.16. The van der Waals surface area contributed by atoms with E-state index in [1.807, 2.05) is 18.2 Å². The van der Waals surface area contributed by atoms with E-state index in [2.05, 4.69) is 37.4 Å². The van der Waals surface area contributed by atoms with Crippen LogP contribution in [0.4, 0.5) is 0 Å². The molecule has 0 radical (unpaired) electrons. The molecule has 0 bridgehead atoms. The summed E-state index contributed by atoms with van der Waals surface area (Å²) in [6.45, 7) is 7.74. The van der Waals surface area contributed by atoms with Crippen molar-refractivity contribution in [3.63, 3.8) is 0 Å². The van der Waals surface area contributed by atoms with Crippen LogP contribution in [-0.2, 0) is 11.3 Å². The molecule has 1 rings (SSSR count). The molecule has 0 fully saturated rings. The van der Waals surface area contributed by atoms with Crippen LogP contribution in [-0.4, -0.2) is 19.7 Å². The molecule has 0 atom stereocenters. The molecule has 0 amide bonds. The third-order valence-corrected chi connectivity index (χ3v) is 2.41. The summed E-state index contributed by atoms with van der Waals surface area (Å²) in [6, 6.07) is 10.3. The van der Waals surface area contributed by atoms with Crippen molar-refractivity contribution in [2.24, 2.45) is 0 Å². The highest BCUT2D eigenvalue weighted by Crippen LogP contribution is 2.00. The van der Waals surface area contributed by atoms with Crippen molar-refractivity contribution in [1.29, 1.82) is 0 Å². The number of hydrogen-bond donors (Lipinski definition) is 1. The van der Waals surface area contributed by atoms with Gasteiger partial charge >= 0.3 is 0 Å². The molecule has 0 aromatic heterocycles. The minimum absolute atomic E-state index is 0.717. The molecule has 0 aliphatic rings. The second-order valence-electron chi connectivity index (χ2n) is 4.38. The zero-order valence-electron chi connectivity index (χ0n) is 10.9. The van der Waals surface area contributed by atoms with Crippen molar-refractivity contribution in [3.8, 4) is 0 Å². The Bertz CT molecular complexity index is 315. The van der Waals surface area contributed by atoms with Gasteiger partial charge in [0.15, 0.2) is 0 Å². The molecule has 2 heteroatoms. The fourth-order valence-corrected chi connectivity index (χ4v) is 1.44. The largest absolute Gasteiger partial charge is 0.377 e. The van der Waals surface area contributed by atoms with Gasteiger partial charge in [-0.1, -0.05) is 42.0 Å². The van der Waals surface area contributed by atoms with Crippen LogP contribution in [0, 0.1) is 0 Å². The fraction of sp³-hybridized carbons (Fsp3) is 0.467. The molecule has 1 aromatic carbocycles. The number of benzene rings is 1. The summed E-state index contributed by atoms with van der Waals surface area (Å²) < 4.78 is 5.59. The average Bonchev–Trinajstić information content (AvgIpc) is 2.33. The molecule has 0 saturated carbocycles. The van der Waals surface area contributed by atoms with E-state index < -0.39 is 0 Å². The Kier molecular flexibility index (Phi) is 7.35. The van der Waals surface area contributed by atoms with Crippen LogP contribution in [0.5, 0.6) is 0 Å². The second kappa shape index (κ2) is 8.97. The van der Waals surface area contributed by atoms with Crippen LogP contribution < -0.4 is 5.32 Å². The van der Waals surface area contributed by atoms with Crippen LogP contribution in [0.2, 0.25) is 0 Å². The molecule has 1 N–H and O–H groups in total. The molecule has 2 nitrogen and oxygen atoms in total. The van der Waals surface area contributed by atoms with Gasteiger partial charge in [0.2, 0.25) is 0 Å². The van der Waals surface area contributed by atoms with Gasteiger partial charge in [0.1, 0.15) is 0 Å². The smallest absolute Gasteiger partial charge is 0.0716 e. The molecular weight excluding hydrogens is 210 g/mol. The monoisotopic (exact) mass is 233 g/mol. The van der Waals surface area contributed by atoms with Gasteiger partial charge < -0.3 is 10.1 Å². The zero-order valence-corrected chi connectivity index (χ0v) is 10.9. The van der Waals surface area contributed by atoms with E-state index in [9.17, 15) is 0 Å². The zero-order chi connectivity index (χ0) is 12.3. The third kappa shape index (κ3) is 7.72. The van der Waals surface area contributed by atoms with E-state index in [-0.39, 0.29) is 0 Å². The van der Waals surface area contributed by atoms with E-state index in [1.54, 1.807) is 0 Å². The minimum atomic E-state index is 0.717. The van der Waals surface area contributed by atoms with Crippen LogP contribution >= 0.6 is 0 Å². The molecule has 0 saturated heterocycles. The molecule has 17 heavy (non-hydrogen) atoms. The van der Waals surface area contributed by atoms with Crippen LogP contribution in [0.15, 0.2) is 42.0 Å². The van der Waals surface area contributed by atoms with Crippen molar-refractivity contribution >= 4 is 0 Å². The van der Waals surface area contributed by atoms with E-state index >= 15 is 0 Å². The maximum Gasteiger partial charge on any atom is 0.0716 e. The lowest BCUT2D eigenvalue weighted by molar-refractivity contribution is 0.118. The highest BCUT2D eigenvalue weighted by molar-refractivity contribution is 5.13. The topological polar surface area (TPSA) is 21.3 Å². The highest BCUT2D eigenvalue weighted by atomic mass is 16.5. The Morgan fingerprint density at radius 2 is 2.00 bits per heavy atom. The maximum atomic E-state index is 5.59. The van der Waals surface area contributed by atoms with E-state index in [4.69, 9.17) is 4.74 Å². The molecule has 1 aromatic rings.